The van der Waals surface area contributed by atoms with E-state index in [-0.39, 0.29) is 6.61 Å². The van der Waals surface area contributed by atoms with Crippen molar-refractivity contribution in [2.24, 2.45) is 0 Å². The number of methoxy groups -OCH3 is 1. The zero-order valence-electron chi connectivity index (χ0n) is 11.7. The van der Waals surface area contributed by atoms with E-state index in [4.69, 9.17) is 21.1 Å². The van der Waals surface area contributed by atoms with Gasteiger partial charge in [-0.05, 0) is 36.4 Å². The van der Waals surface area contributed by atoms with E-state index in [1.165, 1.54) is 11.6 Å². The van der Waals surface area contributed by atoms with Gasteiger partial charge in [0.2, 0.25) is 0 Å². The van der Waals surface area contributed by atoms with Crippen LogP contribution in [-0.2, 0) is 11.3 Å². The fourth-order valence-electron chi connectivity index (χ4n) is 1.95. The van der Waals surface area contributed by atoms with E-state index < -0.39 is 5.97 Å². The number of halogens is 1. The first-order valence-electron chi connectivity index (χ1n) is 6.49. The summed E-state index contributed by atoms with van der Waals surface area (Å²) in [6, 6.07) is 12.1. The van der Waals surface area contributed by atoms with Gasteiger partial charge in [0.25, 0.3) is 0 Å². The fraction of sp³-hybridized carbons (Fsp3) is 0.133. The minimum Gasteiger partial charge on any atom is -0.486 e. The van der Waals surface area contributed by atoms with Gasteiger partial charge in [-0.3, -0.25) is 0 Å². The second kappa shape index (κ2) is 6.03. The summed E-state index contributed by atoms with van der Waals surface area (Å²) < 4.78 is 11.7. The first kappa shape index (κ1) is 14.3. The Labute approximate surface area is 131 Å². The fourth-order valence-corrected chi connectivity index (χ4v) is 2.07. The third kappa shape index (κ3) is 2.87. The van der Waals surface area contributed by atoms with Gasteiger partial charge in [-0.15, -0.1) is 5.10 Å². The zero-order valence-corrected chi connectivity index (χ0v) is 12.4. The lowest BCUT2D eigenvalue weighted by molar-refractivity contribution is 0.0590. The van der Waals surface area contributed by atoms with E-state index in [9.17, 15) is 4.79 Å². The van der Waals surface area contributed by atoms with Gasteiger partial charge < -0.3 is 9.47 Å². The second-order valence-electron chi connectivity index (χ2n) is 4.44. The van der Waals surface area contributed by atoms with Crippen molar-refractivity contribution in [2.75, 3.05) is 7.11 Å². The molecule has 3 rings (SSSR count). The van der Waals surface area contributed by atoms with Crippen LogP contribution in [0.3, 0.4) is 0 Å². The van der Waals surface area contributed by atoms with Crippen LogP contribution in [0.1, 0.15) is 16.3 Å². The van der Waals surface area contributed by atoms with E-state index >= 15 is 0 Å². The Morgan fingerprint density at radius 1 is 1.23 bits per heavy atom. The molecule has 6 nitrogen and oxygen atoms in total. The minimum atomic E-state index is -0.472. The van der Waals surface area contributed by atoms with Gasteiger partial charge in [0.15, 0.2) is 17.2 Å². The highest BCUT2D eigenvalue weighted by atomic mass is 35.5. The van der Waals surface area contributed by atoms with Crippen molar-refractivity contribution in [1.82, 2.24) is 14.6 Å². The van der Waals surface area contributed by atoms with Crippen LogP contribution in [0.5, 0.6) is 5.75 Å². The lowest BCUT2D eigenvalue weighted by Gasteiger charge is -2.02. The van der Waals surface area contributed by atoms with Crippen LogP contribution in [-0.4, -0.2) is 27.7 Å². The number of rotatable bonds is 4. The molecule has 3 aromatic rings. The number of pyridine rings is 1. The summed E-state index contributed by atoms with van der Waals surface area (Å²) in [5.74, 6) is 0.656. The number of hydrogen-bond donors (Lipinski definition) is 0. The summed E-state index contributed by atoms with van der Waals surface area (Å²) in [5, 5.41) is 4.91. The maximum atomic E-state index is 11.7. The van der Waals surface area contributed by atoms with Crippen LogP contribution in [0.4, 0.5) is 0 Å². The van der Waals surface area contributed by atoms with E-state index in [2.05, 4.69) is 10.1 Å². The highest BCUT2D eigenvalue weighted by molar-refractivity contribution is 6.30. The van der Waals surface area contributed by atoms with Gasteiger partial charge in [-0.2, -0.15) is 0 Å². The SMILES string of the molecule is COC(=O)c1cccc2nc(COc3ccc(Cl)cc3)nn12. The molecule has 1 aromatic carbocycles. The van der Waals surface area contributed by atoms with Gasteiger partial charge in [0.05, 0.1) is 7.11 Å². The molecule has 0 amide bonds. The summed E-state index contributed by atoms with van der Waals surface area (Å²) in [7, 11) is 1.32. The summed E-state index contributed by atoms with van der Waals surface area (Å²) in [4.78, 5) is 16.0. The van der Waals surface area contributed by atoms with Crippen LogP contribution in [0, 0.1) is 0 Å². The highest BCUT2D eigenvalue weighted by Crippen LogP contribution is 2.16. The Balaban J connectivity index is 1.83. The Morgan fingerprint density at radius 3 is 2.73 bits per heavy atom. The van der Waals surface area contributed by atoms with E-state index in [1.807, 2.05) is 0 Å². The number of esters is 1. The smallest absolute Gasteiger partial charge is 0.356 e. The maximum Gasteiger partial charge on any atom is 0.356 e. The number of carbonyl (C=O) groups excluding carboxylic acids is 1. The predicted octanol–water partition coefficient (Wildman–Crippen LogP) is 2.75. The summed E-state index contributed by atoms with van der Waals surface area (Å²) in [6.45, 7) is 0.184. The van der Waals surface area contributed by atoms with Gasteiger partial charge in [-0.25, -0.2) is 14.3 Å². The van der Waals surface area contributed by atoms with Crippen LogP contribution in [0.15, 0.2) is 42.5 Å². The summed E-state index contributed by atoms with van der Waals surface area (Å²) in [6.07, 6.45) is 0. The molecule has 0 saturated carbocycles. The Bertz CT molecular complexity index is 815. The topological polar surface area (TPSA) is 65.7 Å². The molecular formula is C15H12ClN3O3. The number of aromatic nitrogens is 3. The monoisotopic (exact) mass is 317 g/mol. The number of benzene rings is 1. The van der Waals surface area contributed by atoms with Crippen molar-refractivity contribution >= 4 is 23.2 Å². The predicted molar refractivity (Wildman–Crippen MR) is 80.1 cm³/mol. The average molecular weight is 318 g/mol. The highest BCUT2D eigenvalue weighted by Gasteiger charge is 2.13. The van der Waals surface area contributed by atoms with Gasteiger partial charge in [0, 0.05) is 5.02 Å². The molecular weight excluding hydrogens is 306 g/mol. The number of carbonyl (C=O) groups is 1. The van der Waals surface area contributed by atoms with Crippen LogP contribution in [0.2, 0.25) is 5.02 Å². The van der Waals surface area contributed by atoms with Gasteiger partial charge >= 0.3 is 5.97 Å². The molecule has 22 heavy (non-hydrogen) atoms. The first-order chi connectivity index (χ1) is 10.7. The largest absolute Gasteiger partial charge is 0.486 e. The van der Waals surface area contributed by atoms with Crippen LogP contribution in [0.25, 0.3) is 5.65 Å². The molecule has 0 atom stereocenters. The molecule has 0 N–H and O–H groups in total. The molecule has 112 valence electrons. The van der Waals surface area contributed by atoms with E-state index in [0.29, 0.717) is 27.9 Å². The molecule has 2 aromatic heterocycles. The minimum absolute atomic E-state index is 0.184. The Morgan fingerprint density at radius 2 is 2.00 bits per heavy atom. The van der Waals surface area contributed by atoms with Crippen molar-refractivity contribution in [3.05, 3.63) is 59.0 Å². The summed E-state index contributed by atoms with van der Waals surface area (Å²) in [5.41, 5.74) is 0.864. The van der Waals surface area contributed by atoms with Crippen molar-refractivity contribution < 1.29 is 14.3 Å². The normalized spacial score (nSPS) is 10.6. The standard InChI is InChI=1S/C15H12ClN3O3/c1-21-15(20)12-3-2-4-14-17-13(18-19(12)14)9-22-11-7-5-10(16)6-8-11/h2-8H,9H2,1H3. The third-order valence-electron chi connectivity index (χ3n) is 2.98. The molecule has 0 fully saturated rings. The second-order valence-corrected chi connectivity index (χ2v) is 4.88. The van der Waals surface area contributed by atoms with Crippen molar-refractivity contribution in [1.29, 1.82) is 0 Å². The van der Waals surface area contributed by atoms with Crippen LogP contribution < -0.4 is 4.74 Å². The van der Waals surface area contributed by atoms with Crippen LogP contribution >= 0.6 is 11.6 Å². The van der Waals surface area contributed by atoms with Gasteiger partial charge in [-0.1, -0.05) is 17.7 Å². The quantitative estimate of drug-likeness (QED) is 0.692. The number of fused-ring (bicyclic) bond motifs is 1. The molecule has 0 unspecified atom stereocenters. The molecule has 0 aliphatic rings. The average Bonchev–Trinajstić information content (AvgIpc) is 2.96. The molecule has 0 spiro atoms. The lowest BCUT2D eigenvalue weighted by atomic mass is 10.3. The Hall–Kier alpha value is -2.60. The molecule has 0 saturated heterocycles. The Kier molecular flexibility index (Phi) is 3.93. The molecule has 0 aliphatic carbocycles. The number of ether oxygens (including phenoxy) is 2. The molecule has 0 aliphatic heterocycles. The van der Waals surface area contributed by atoms with Crippen molar-refractivity contribution in [3.8, 4) is 5.75 Å². The van der Waals surface area contributed by atoms with Gasteiger partial charge in [0.1, 0.15) is 12.4 Å². The van der Waals surface area contributed by atoms with E-state index in [0.717, 1.165) is 0 Å². The molecule has 2 heterocycles. The molecule has 0 radical (unpaired) electrons. The molecule has 0 bridgehead atoms. The van der Waals surface area contributed by atoms with Crippen molar-refractivity contribution in [3.63, 3.8) is 0 Å². The van der Waals surface area contributed by atoms with E-state index in [1.54, 1.807) is 42.5 Å². The third-order valence-corrected chi connectivity index (χ3v) is 3.23. The summed E-state index contributed by atoms with van der Waals surface area (Å²) >= 11 is 5.82. The number of hydrogen-bond acceptors (Lipinski definition) is 5. The molecule has 7 heteroatoms. The zero-order chi connectivity index (χ0) is 15.5. The lowest BCUT2D eigenvalue weighted by Crippen LogP contribution is -2.09. The number of nitrogens with zero attached hydrogens (tertiary/aromatic N) is 3. The first-order valence-corrected chi connectivity index (χ1v) is 6.86. The van der Waals surface area contributed by atoms with Crippen molar-refractivity contribution in [2.45, 2.75) is 6.61 Å². The maximum absolute atomic E-state index is 11.7.